The van der Waals surface area contributed by atoms with Crippen LogP contribution in [0, 0.1) is 5.92 Å². The first kappa shape index (κ1) is 27.9. The average Bonchev–Trinajstić information content (AvgIpc) is 3.36. The van der Waals surface area contributed by atoms with Gasteiger partial charge in [0.1, 0.15) is 12.0 Å². The van der Waals surface area contributed by atoms with Gasteiger partial charge in [0.2, 0.25) is 5.91 Å². The summed E-state index contributed by atoms with van der Waals surface area (Å²) in [6, 6.07) is 20.6. The molecule has 2 aliphatic heterocycles. The fraction of sp³-hybridized carbons (Fsp3) is 0.406. The molecule has 41 heavy (non-hydrogen) atoms. The highest BCUT2D eigenvalue weighted by Gasteiger charge is 2.40. The minimum Gasteiger partial charge on any atom is -0.388 e. The molecule has 1 N–H and O–H groups in total. The Morgan fingerprint density at radius 3 is 2.61 bits per heavy atom. The van der Waals surface area contributed by atoms with Crippen LogP contribution in [0.3, 0.4) is 0 Å². The van der Waals surface area contributed by atoms with Crippen molar-refractivity contribution < 1.29 is 9.90 Å². The van der Waals surface area contributed by atoms with Crippen LogP contribution in [-0.2, 0) is 24.9 Å². The third-order valence-corrected chi connectivity index (χ3v) is 9.35. The number of halogens is 1. The number of hydrogen-bond acceptors (Lipinski definition) is 5. The Bertz CT molecular complexity index is 1590. The van der Waals surface area contributed by atoms with E-state index in [1.165, 1.54) is 22.0 Å². The number of benzene rings is 2. The van der Waals surface area contributed by atoms with E-state index in [0.717, 1.165) is 30.5 Å². The van der Waals surface area contributed by atoms with Crippen molar-refractivity contribution >= 4 is 32.9 Å². The van der Waals surface area contributed by atoms with Gasteiger partial charge in [-0.05, 0) is 55.1 Å². The third-order valence-electron chi connectivity index (χ3n) is 8.86. The molecule has 8 nitrogen and oxygen atoms in total. The SMILES string of the molecule is Cn1ccc2c(=O)n(CC3(O)CCN(C(=O)[C@@H]4CCN(Cc5cccc(Br)c5)C[C@H]4c4ccccc4)CC3)cnc21. The Hall–Kier alpha value is -3.27. The summed E-state index contributed by atoms with van der Waals surface area (Å²) in [7, 11) is 1.86. The monoisotopic (exact) mass is 617 g/mol. The van der Waals surface area contributed by atoms with Gasteiger partial charge in [-0.15, -0.1) is 0 Å². The number of aromatic nitrogens is 3. The Morgan fingerprint density at radius 1 is 1.07 bits per heavy atom. The average molecular weight is 619 g/mol. The molecule has 6 rings (SSSR count). The molecule has 0 aliphatic carbocycles. The molecule has 9 heteroatoms. The smallest absolute Gasteiger partial charge is 0.262 e. The lowest BCUT2D eigenvalue weighted by atomic mass is 9.79. The largest absolute Gasteiger partial charge is 0.388 e. The van der Waals surface area contributed by atoms with Crippen LogP contribution in [0.2, 0.25) is 0 Å². The summed E-state index contributed by atoms with van der Waals surface area (Å²) in [5.74, 6) is 0.176. The third kappa shape index (κ3) is 5.89. The van der Waals surface area contributed by atoms with E-state index in [9.17, 15) is 14.7 Å². The number of hydrogen-bond donors (Lipinski definition) is 1. The molecule has 1 amide bonds. The summed E-state index contributed by atoms with van der Waals surface area (Å²) in [6.45, 7) is 3.66. The zero-order valence-electron chi connectivity index (χ0n) is 23.3. The van der Waals surface area contributed by atoms with Crippen LogP contribution in [0.15, 0.2) is 82.5 Å². The summed E-state index contributed by atoms with van der Waals surface area (Å²) in [4.78, 5) is 35.8. The molecular formula is C32H36BrN5O3. The highest BCUT2D eigenvalue weighted by molar-refractivity contribution is 9.10. The van der Waals surface area contributed by atoms with Crippen molar-refractivity contribution in [1.29, 1.82) is 0 Å². The number of aliphatic hydroxyl groups is 1. The quantitative estimate of drug-likeness (QED) is 0.351. The number of piperidine rings is 2. The van der Waals surface area contributed by atoms with Gasteiger partial charge in [0, 0.05) is 55.7 Å². The molecule has 0 unspecified atom stereocenters. The van der Waals surface area contributed by atoms with E-state index < -0.39 is 5.60 Å². The van der Waals surface area contributed by atoms with Crippen molar-refractivity contribution in [3.63, 3.8) is 0 Å². The summed E-state index contributed by atoms with van der Waals surface area (Å²) in [6.07, 6.45) is 4.99. The van der Waals surface area contributed by atoms with Gasteiger partial charge in [-0.2, -0.15) is 0 Å². The van der Waals surface area contributed by atoms with Crippen LogP contribution in [0.5, 0.6) is 0 Å². The molecule has 2 aromatic carbocycles. The van der Waals surface area contributed by atoms with E-state index in [-0.39, 0.29) is 29.8 Å². The first-order valence-electron chi connectivity index (χ1n) is 14.3. The molecule has 2 aliphatic rings. The maximum absolute atomic E-state index is 14.0. The number of carbonyl (C=O) groups excluding carboxylic acids is 1. The summed E-state index contributed by atoms with van der Waals surface area (Å²) >= 11 is 3.58. The Morgan fingerprint density at radius 2 is 1.85 bits per heavy atom. The molecule has 4 heterocycles. The highest BCUT2D eigenvalue weighted by atomic mass is 79.9. The van der Waals surface area contributed by atoms with E-state index in [2.05, 4.69) is 68.3 Å². The minimum absolute atomic E-state index is 0.102. The molecule has 2 aromatic heterocycles. The summed E-state index contributed by atoms with van der Waals surface area (Å²) < 4.78 is 4.39. The zero-order valence-corrected chi connectivity index (χ0v) is 24.9. The van der Waals surface area contributed by atoms with Gasteiger partial charge < -0.3 is 14.6 Å². The minimum atomic E-state index is -1.06. The molecule has 0 bridgehead atoms. The molecule has 0 radical (unpaired) electrons. The highest BCUT2D eigenvalue weighted by Crippen LogP contribution is 2.36. The van der Waals surface area contributed by atoms with Gasteiger partial charge in [0.15, 0.2) is 0 Å². The van der Waals surface area contributed by atoms with Gasteiger partial charge in [0.25, 0.3) is 5.56 Å². The number of nitrogens with zero attached hydrogens (tertiary/aromatic N) is 5. The lowest BCUT2D eigenvalue weighted by Gasteiger charge is -2.43. The standard InChI is InChI=1S/C32H36BrN5O3/c1-35-14-10-27-29(35)34-22-38(31(27)40)21-32(41)12-16-37(17-13-32)30(39)26-11-15-36(19-23-6-5-9-25(33)18-23)20-28(26)24-7-3-2-4-8-24/h2-10,14,18,22,26,28,41H,11-13,15-17,19-21H2,1H3/t26-,28+/m1/s1. The van der Waals surface area contributed by atoms with Gasteiger partial charge in [0.05, 0.1) is 17.5 Å². The zero-order chi connectivity index (χ0) is 28.6. The Kier molecular flexibility index (Phi) is 7.85. The molecule has 2 fully saturated rings. The van der Waals surface area contributed by atoms with Crippen LogP contribution in [0.4, 0.5) is 0 Å². The second kappa shape index (κ2) is 11.5. The predicted octanol–water partition coefficient (Wildman–Crippen LogP) is 4.16. The Balaban J connectivity index is 1.13. The molecule has 214 valence electrons. The van der Waals surface area contributed by atoms with E-state index in [4.69, 9.17) is 0 Å². The van der Waals surface area contributed by atoms with Crippen molar-refractivity contribution in [1.82, 2.24) is 23.9 Å². The van der Waals surface area contributed by atoms with Crippen molar-refractivity contribution in [2.75, 3.05) is 26.2 Å². The topological polar surface area (TPSA) is 83.6 Å². The maximum Gasteiger partial charge on any atom is 0.262 e. The molecule has 4 aromatic rings. The number of amides is 1. The second-order valence-electron chi connectivity index (χ2n) is 11.7. The maximum atomic E-state index is 14.0. The van der Waals surface area contributed by atoms with Gasteiger partial charge >= 0.3 is 0 Å². The van der Waals surface area contributed by atoms with Crippen molar-refractivity contribution in [3.8, 4) is 0 Å². The Labute approximate surface area is 248 Å². The van der Waals surface area contributed by atoms with E-state index in [1.54, 1.807) is 6.07 Å². The van der Waals surface area contributed by atoms with Crippen molar-refractivity contribution in [2.24, 2.45) is 13.0 Å². The lowest BCUT2D eigenvalue weighted by Crippen LogP contribution is -2.53. The first-order valence-corrected chi connectivity index (χ1v) is 15.1. The first-order chi connectivity index (χ1) is 19.8. The number of carbonyl (C=O) groups is 1. The fourth-order valence-corrected chi connectivity index (χ4v) is 6.98. The van der Waals surface area contributed by atoms with E-state index in [0.29, 0.717) is 37.0 Å². The predicted molar refractivity (Wildman–Crippen MR) is 162 cm³/mol. The lowest BCUT2D eigenvalue weighted by molar-refractivity contribution is -0.142. The van der Waals surface area contributed by atoms with Crippen molar-refractivity contribution in [2.45, 2.75) is 43.9 Å². The normalized spacial score (nSPS) is 21.3. The molecule has 2 saturated heterocycles. The summed E-state index contributed by atoms with van der Waals surface area (Å²) in [5.41, 5.74) is 1.88. The molecular weight excluding hydrogens is 582 g/mol. The van der Waals surface area contributed by atoms with Crippen LogP contribution < -0.4 is 5.56 Å². The van der Waals surface area contributed by atoms with Crippen LogP contribution in [0.1, 0.15) is 36.3 Å². The van der Waals surface area contributed by atoms with Gasteiger partial charge in [-0.3, -0.25) is 19.1 Å². The molecule has 0 saturated carbocycles. The van der Waals surface area contributed by atoms with Crippen LogP contribution in [-0.4, -0.2) is 66.7 Å². The second-order valence-corrected chi connectivity index (χ2v) is 12.6. The number of aryl methyl sites for hydroxylation is 1. The number of likely N-dealkylation sites (tertiary alicyclic amines) is 2. The van der Waals surface area contributed by atoms with Gasteiger partial charge in [-0.1, -0.05) is 58.4 Å². The summed E-state index contributed by atoms with van der Waals surface area (Å²) in [5, 5.41) is 12.0. The van der Waals surface area contributed by atoms with Crippen molar-refractivity contribution in [3.05, 3.63) is 99.1 Å². The number of fused-ring (bicyclic) bond motifs is 1. The van der Waals surface area contributed by atoms with Gasteiger partial charge in [-0.25, -0.2) is 4.98 Å². The number of rotatable bonds is 6. The van der Waals surface area contributed by atoms with Crippen LogP contribution >= 0.6 is 15.9 Å². The molecule has 2 atom stereocenters. The van der Waals surface area contributed by atoms with E-state index in [1.807, 2.05) is 34.8 Å². The fourth-order valence-electron chi connectivity index (χ4n) is 6.54. The molecule has 0 spiro atoms. The van der Waals surface area contributed by atoms with Crippen LogP contribution in [0.25, 0.3) is 11.0 Å². The van der Waals surface area contributed by atoms with E-state index >= 15 is 0 Å².